The monoisotopic (exact) mass is 981 g/mol. The van der Waals surface area contributed by atoms with Crippen molar-refractivity contribution in [3.05, 3.63) is 289 Å². The zero-order valence-corrected chi connectivity index (χ0v) is 45.8. The highest BCUT2D eigenvalue weighted by Crippen LogP contribution is 2.38. The molecule has 0 aromatic heterocycles. The quantitative estimate of drug-likeness (QED) is 0.101. The number of hydrogen-bond donors (Lipinski definition) is 3. The first-order chi connectivity index (χ1) is 35.7. The summed E-state index contributed by atoms with van der Waals surface area (Å²) in [5.74, 6) is 0.539. The van der Waals surface area contributed by atoms with E-state index in [1.165, 1.54) is 62.9 Å². The molecule has 0 atom stereocenters. The average molecular weight is 981 g/mol. The van der Waals surface area contributed by atoms with Gasteiger partial charge in [0.1, 0.15) is 11.2 Å². The lowest BCUT2D eigenvalue weighted by Crippen LogP contribution is -2.32. The Morgan fingerprint density at radius 1 is 0.459 bits per heavy atom. The summed E-state index contributed by atoms with van der Waals surface area (Å²) in [6.45, 7) is 21.6. The summed E-state index contributed by atoms with van der Waals surface area (Å²) < 4.78 is 0. The van der Waals surface area contributed by atoms with Gasteiger partial charge in [-0.2, -0.15) is 5.26 Å². The van der Waals surface area contributed by atoms with Gasteiger partial charge in [-0.15, -0.1) is 0 Å². The third-order valence-electron chi connectivity index (χ3n) is 14.2. The normalized spacial score (nSPS) is 10.9. The second-order valence-electron chi connectivity index (χ2n) is 19.6. The van der Waals surface area contributed by atoms with Crippen molar-refractivity contribution in [2.24, 2.45) is 5.73 Å². The van der Waals surface area contributed by atoms with Crippen LogP contribution in [-0.4, -0.2) is 16.8 Å². The summed E-state index contributed by atoms with van der Waals surface area (Å²) in [6.07, 6.45) is 6.37. The number of aliphatic hydroxyl groups is 2. The lowest BCUT2D eigenvalue weighted by molar-refractivity contribution is 0.0724. The fourth-order valence-electron chi connectivity index (χ4n) is 10.3. The van der Waals surface area contributed by atoms with Crippen molar-refractivity contribution in [1.82, 2.24) is 0 Å². The Hall–Kier alpha value is -7.13. The van der Waals surface area contributed by atoms with Crippen LogP contribution in [0.5, 0.6) is 0 Å². The van der Waals surface area contributed by atoms with Gasteiger partial charge in [0.2, 0.25) is 0 Å². The topological polar surface area (TPSA) is 90.3 Å². The number of hydrogen-bond acceptors (Lipinski definition) is 4. The van der Waals surface area contributed by atoms with E-state index in [2.05, 4.69) is 151 Å². The van der Waals surface area contributed by atoms with E-state index >= 15 is 0 Å². The maximum absolute atomic E-state index is 11.2. The first-order valence-corrected chi connectivity index (χ1v) is 26.4. The molecule has 0 spiro atoms. The molecule has 4 nitrogen and oxygen atoms in total. The van der Waals surface area contributed by atoms with E-state index in [1.54, 1.807) is 0 Å². The predicted molar refractivity (Wildman–Crippen MR) is 313 cm³/mol. The molecule has 0 amide bonds. The highest BCUT2D eigenvalue weighted by Gasteiger charge is 2.34. The lowest BCUT2D eigenvalue weighted by Gasteiger charge is -2.31. The van der Waals surface area contributed by atoms with Crippen LogP contribution >= 0.6 is 0 Å². The molecule has 8 rings (SSSR count). The smallest absolute Gasteiger partial charge is 0.128 e. The molecule has 0 radical (unpaired) electrons. The Bertz CT molecular complexity index is 2920. The number of benzene rings is 8. The second kappa shape index (κ2) is 28.4. The number of nitrogens with zero attached hydrogens (tertiary/aromatic N) is 1. The number of nitrogens with two attached hydrogens (primary N) is 1. The van der Waals surface area contributed by atoms with Gasteiger partial charge in [0.15, 0.2) is 0 Å². The fourth-order valence-corrected chi connectivity index (χ4v) is 10.3. The summed E-state index contributed by atoms with van der Waals surface area (Å²) in [5.41, 5.74) is 23.6. The van der Waals surface area contributed by atoms with Gasteiger partial charge < -0.3 is 15.9 Å². The first-order valence-electron chi connectivity index (χ1n) is 26.4. The van der Waals surface area contributed by atoms with Crippen molar-refractivity contribution in [2.75, 3.05) is 6.54 Å². The van der Waals surface area contributed by atoms with E-state index in [0.29, 0.717) is 18.9 Å². The minimum Gasteiger partial charge on any atom is -0.380 e. The number of rotatable bonds is 14. The standard InChI is InChI=1S/C18H22.C18H20.C17H21NO.C17H17NO/c2*1-4-9-18(16-12-7-5-10-14(16)2)17-13-8-6-11-15(17)3;2*1-13-7-3-5-9-15(13)17(19,11-12-18)16-10-6-4-8-14(16)2/h5-8,10-13,18H,4,9H2,1-3H3;5-13H,4H2,1-3H3;3-10,19H,11-12,18H2,1-2H3;3-10,19H,11H2,1-2H3. The van der Waals surface area contributed by atoms with Crippen molar-refractivity contribution in [2.45, 2.75) is 118 Å². The van der Waals surface area contributed by atoms with Gasteiger partial charge in [-0.3, -0.25) is 0 Å². The third-order valence-corrected chi connectivity index (χ3v) is 14.2. The zero-order valence-electron chi connectivity index (χ0n) is 45.8. The average Bonchev–Trinajstić information content (AvgIpc) is 3.39. The van der Waals surface area contributed by atoms with Gasteiger partial charge >= 0.3 is 0 Å². The van der Waals surface area contributed by atoms with Crippen LogP contribution in [0, 0.1) is 66.7 Å². The highest BCUT2D eigenvalue weighted by atomic mass is 16.3. The largest absolute Gasteiger partial charge is 0.380 e. The van der Waals surface area contributed by atoms with Gasteiger partial charge in [-0.05, 0) is 176 Å². The van der Waals surface area contributed by atoms with Crippen LogP contribution in [-0.2, 0) is 11.2 Å². The molecule has 74 heavy (non-hydrogen) atoms. The molecule has 0 heterocycles. The van der Waals surface area contributed by atoms with Gasteiger partial charge in [-0.25, -0.2) is 0 Å². The SMILES string of the molecule is CCC=C(c1ccccc1C)c1ccccc1C.CCCC(c1ccccc1C)c1ccccc1C.Cc1ccccc1C(O)(CC#N)c1ccccc1C.Cc1ccccc1C(O)(CCN)c1ccccc1C. The molecular weight excluding hydrogens is 901 g/mol. The van der Waals surface area contributed by atoms with Crippen LogP contribution in [0.1, 0.15) is 141 Å². The molecule has 4 heteroatoms. The van der Waals surface area contributed by atoms with Gasteiger partial charge in [-0.1, -0.05) is 220 Å². The minimum atomic E-state index is -1.24. The molecule has 8 aromatic rings. The lowest BCUT2D eigenvalue weighted by atomic mass is 9.79. The number of allylic oxidation sites excluding steroid dienone is 1. The van der Waals surface area contributed by atoms with Crippen LogP contribution < -0.4 is 5.73 Å². The fraction of sp³-hybridized carbons (Fsp3) is 0.271. The van der Waals surface area contributed by atoms with E-state index in [4.69, 9.17) is 11.0 Å². The minimum absolute atomic E-state index is 0.0444. The molecule has 0 aliphatic carbocycles. The summed E-state index contributed by atoms with van der Waals surface area (Å²) in [7, 11) is 0. The van der Waals surface area contributed by atoms with Crippen LogP contribution in [0.4, 0.5) is 0 Å². The Morgan fingerprint density at radius 3 is 1.07 bits per heavy atom. The van der Waals surface area contributed by atoms with E-state index in [9.17, 15) is 10.2 Å². The van der Waals surface area contributed by atoms with Crippen molar-refractivity contribution in [3.63, 3.8) is 0 Å². The van der Waals surface area contributed by atoms with E-state index < -0.39 is 11.2 Å². The molecule has 0 bridgehead atoms. The highest BCUT2D eigenvalue weighted by molar-refractivity contribution is 5.82. The van der Waals surface area contributed by atoms with Crippen molar-refractivity contribution >= 4 is 5.57 Å². The summed E-state index contributed by atoms with van der Waals surface area (Å²) >= 11 is 0. The molecule has 0 unspecified atom stereocenters. The van der Waals surface area contributed by atoms with Gasteiger partial charge in [0, 0.05) is 5.92 Å². The van der Waals surface area contributed by atoms with Crippen LogP contribution in [0.2, 0.25) is 0 Å². The maximum Gasteiger partial charge on any atom is 0.128 e. The second-order valence-corrected chi connectivity index (χ2v) is 19.6. The summed E-state index contributed by atoms with van der Waals surface area (Å²) in [6, 6.07) is 68.1. The van der Waals surface area contributed by atoms with E-state index in [0.717, 1.165) is 50.9 Å². The summed E-state index contributed by atoms with van der Waals surface area (Å²) in [4.78, 5) is 0. The molecule has 4 N–H and O–H groups in total. The number of nitriles is 1. The Labute approximate surface area is 445 Å². The first kappa shape index (κ1) is 57.8. The Morgan fingerprint density at radius 2 is 0.770 bits per heavy atom. The Kier molecular flexibility index (Phi) is 22.1. The maximum atomic E-state index is 11.2. The van der Waals surface area contributed by atoms with E-state index in [1.807, 2.05) is 125 Å². The van der Waals surface area contributed by atoms with Crippen LogP contribution in [0.15, 0.2) is 200 Å². The van der Waals surface area contributed by atoms with Crippen molar-refractivity contribution in [3.8, 4) is 6.07 Å². The molecule has 8 aromatic carbocycles. The third kappa shape index (κ3) is 14.5. The Balaban J connectivity index is 0.000000183. The molecule has 0 saturated carbocycles. The molecule has 0 fully saturated rings. The number of aryl methyl sites for hydroxylation is 8. The molecule has 0 saturated heterocycles. The van der Waals surface area contributed by atoms with Crippen molar-refractivity contribution in [1.29, 1.82) is 5.26 Å². The zero-order chi connectivity index (χ0) is 53.7. The molecule has 0 aliphatic heterocycles. The molecular formula is C70H80N2O2. The summed E-state index contributed by atoms with van der Waals surface area (Å²) in [5, 5.41) is 31.4. The van der Waals surface area contributed by atoms with Gasteiger partial charge in [0.25, 0.3) is 0 Å². The molecule has 0 aliphatic rings. The van der Waals surface area contributed by atoms with Gasteiger partial charge in [0.05, 0.1) is 12.5 Å². The van der Waals surface area contributed by atoms with E-state index in [-0.39, 0.29) is 6.42 Å². The van der Waals surface area contributed by atoms with Crippen molar-refractivity contribution < 1.29 is 10.2 Å². The predicted octanol–water partition coefficient (Wildman–Crippen LogP) is 16.7. The van der Waals surface area contributed by atoms with Crippen LogP contribution in [0.3, 0.4) is 0 Å². The van der Waals surface area contributed by atoms with Crippen LogP contribution in [0.25, 0.3) is 5.57 Å². The molecule has 382 valence electrons.